The van der Waals surface area contributed by atoms with E-state index >= 15 is 0 Å². The first-order valence-corrected chi connectivity index (χ1v) is 7.90. The first-order valence-electron chi connectivity index (χ1n) is 7.90. The second kappa shape index (κ2) is 6.00. The fourth-order valence-electron chi connectivity index (χ4n) is 3.14. The molecular weight excluding hydrogens is 234 g/mol. The van der Waals surface area contributed by atoms with Gasteiger partial charge in [0.1, 0.15) is 5.82 Å². The maximum Gasteiger partial charge on any atom is 0.131 e. The van der Waals surface area contributed by atoms with Crippen LogP contribution in [0.3, 0.4) is 0 Å². The third-order valence-electron chi connectivity index (χ3n) is 4.61. The summed E-state index contributed by atoms with van der Waals surface area (Å²) in [7, 11) is 0. The molecule has 0 saturated heterocycles. The molecule has 19 heavy (non-hydrogen) atoms. The summed E-state index contributed by atoms with van der Waals surface area (Å²) in [6.07, 6.45) is 11.2. The Labute approximate surface area is 116 Å². The molecule has 0 bridgehead atoms. The van der Waals surface area contributed by atoms with E-state index in [1.807, 2.05) is 6.20 Å². The fourth-order valence-corrected chi connectivity index (χ4v) is 3.14. The zero-order chi connectivity index (χ0) is 13.1. The first kappa shape index (κ1) is 13.0. The monoisotopic (exact) mass is 259 g/mol. The van der Waals surface area contributed by atoms with Crippen molar-refractivity contribution in [3.8, 4) is 0 Å². The predicted octanol–water partition coefficient (Wildman–Crippen LogP) is 3.41. The molecule has 104 valence electrons. The summed E-state index contributed by atoms with van der Waals surface area (Å²) < 4.78 is 0. The lowest BCUT2D eigenvalue weighted by Crippen LogP contribution is -2.19. The van der Waals surface area contributed by atoms with Crippen molar-refractivity contribution in [3.05, 3.63) is 23.8 Å². The highest BCUT2D eigenvalue weighted by molar-refractivity contribution is 5.07. The summed E-state index contributed by atoms with van der Waals surface area (Å²) in [6.45, 7) is 3.22. The number of rotatable bonds is 5. The van der Waals surface area contributed by atoms with E-state index in [9.17, 15) is 0 Å². The van der Waals surface area contributed by atoms with Crippen LogP contribution in [0.25, 0.3) is 0 Å². The number of aromatic nitrogens is 2. The molecule has 0 spiro atoms. The standard InChI is InChI=1S/C16H25N3/c1-2-12-4-3-5-13(10-12)16-17-9-8-15(19-16)11-18-14-6-7-14/h8-9,12-14,18H,2-7,10-11H2,1H3. The molecule has 1 aromatic rings. The van der Waals surface area contributed by atoms with Crippen molar-refractivity contribution < 1.29 is 0 Å². The van der Waals surface area contributed by atoms with Gasteiger partial charge in [-0.2, -0.15) is 0 Å². The molecule has 1 N–H and O–H groups in total. The Balaban J connectivity index is 1.63. The highest BCUT2D eigenvalue weighted by Gasteiger charge is 2.24. The molecule has 0 aliphatic heterocycles. The minimum absolute atomic E-state index is 0.597. The van der Waals surface area contributed by atoms with Gasteiger partial charge in [0.15, 0.2) is 0 Å². The van der Waals surface area contributed by atoms with Crippen LogP contribution in [-0.4, -0.2) is 16.0 Å². The average molecular weight is 259 g/mol. The third-order valence-corrected chi connectivity index (χ3v) is 4.61. The van der Waals surface area contributed by atoms with Gasteiger partial charge in [-0.05, 0) is 37.7 Å². The van der Waals surface area contributed by atoms with E-state index in [1.165, 1.54) is 44.9 Å². The van der Waals surface area contributed by atoms with Crippen LogP contribution in [0.5, 0.6) is 0 Å². The summed E-state index contributed by atoms with van der Waals surface area (Å²) in [5.74, 6) is 2.57. The van der Waals surface area contributed by atoms with Crippen molar-refractivity contribution in [1.29, 1.82) is 0 Å². The molecule has 3 heteroatoms. The van der Waals surface area contributed by atoms with Gasteiger partial charge in [0, 0.05) is 24.7 Å². The average Bonchev–Trinajstić information content (AvgIpc) is 3.30. The minimum atomic E-state index is 0.597. The quantitative estimate of drug-likeness (QED) is 0.880. The van der Waals surface area contributed by atoms with Crippen LogP contribution in [0.15, 0.2) is 12.3 Å². The normalized spacial score (nSPS) is 27.4. The van der Waals surface area contributed by atoms with Crippen molar-refractivity contribution in [2.75, 3.05) is 0 Å². The summed E-state index contributed by atoms with van der Waals surface area (Å²) in [4.78, 5) is 9.33. The second-order valence-electron chi connectivity index (χ2n) is 6.20. The van der Waals surface area contributed by atoms with Crippen molar-refractivity contribution in [1.82, 2.24) is 15.3 Å². The van der Waals surface area contributed by atoms with Gasteiger partial charge in [0.2, 0.25) is 0 Å². The van der Waals surface area contributed by atoms with Crippen LogP contribution in [0.2, 0.25) is 0 Å². The molecule has 2 unspecified atom stereocenters. The predicted molar refractivity (Wildman–Crippen MR) is 76.9 cm³/mol. The topological polar surface area (TPSA) is 37.8 Å². The summed E-state index contributed by atoms with van der Waals surface area (Å²) in [6, 6.07) is 2.80. The van der Waals surface area contributed by atoms with Gasteiger partial charge in [-0.3, -0.25) is 0 Å². The Morgan fingerprint density at radius 1 is 1.26 bits per heavy atom. The number of hydrogen-bond donors (Lipinski definition) is 1. The molecule has 2 atom stereocenters. The van der Waals surface area contributed by atoms with E-state index in [1.54, 1.807) is 0 Å². The molecule has 0 radical (unpaired) electrons. The van der Waals surface area contributed by atoms with Gasteiger partial charge in [-0.25, -0.2) is 9.97 Å². The Hall–Kier alpha value is -0.960. The molecule has 1 aromatic heterocycles. The Kier molecular flexibility index (Phi) is 4.12. The Bertz CT molecular complexity index is 414. The Morgan fingerprint density at radius 2 is 2.16 bits per heavy atom. The summed E-state index contributed by atoms with van der Waals surface area (Å²) >= 11 is 0. The fraction of sp³-hybridized carbons (Fsp3) is 0.750. The first-order chi connectivity index (χ1) is 9.35. The van der Waals surface area contributed by atoms with Crippen molar-refractivity contribution >= 4 is 0 Å². The highest BCUT2D eigenvalue weighted by Crippen LogP contribution is 2.35. The molecule has 3 nitrogen and oxygen atoms in total. The lowest BCUT2D eigenvalue weighted by Gasteiger charge is -2.27. The van der Waals surface area contributed by atoms with E-state index in [0.717, 1.165) is 30.0 Å². The van der Waals surface area contributed by atoms with Gasteiger partial charge in [-0.1, -0.05) is 26.2 Å². The van der Waals surface area contributed by atoms with Gasteiger partial charge < -0.3 is 5.32 Å². The van der Waals surface area contributed by atoms with Gasteiger partial charge in [0.05, 0.1) is 5.69 Å². The SMILES string of the molecule is CCC1CCCC(c2nccc(CNC3CC3)n2)C1. The zero-order valence-electron chi connectivity index (χ0n) is 11.9. The Morgan fingerprint density at radius 3 is 2.95 bits per heavy atom. The molecule has 2 fully saturated rings. The van der Waals surface area contributed by atoms with Crippen LogP contribution in [0.1, 0.15) is 69.3 Å². The van der Waals surface area contributed by atoms with Crippen molar-refractivity contribution in [2.24, 2.45) is 5.92 Å². The molecule has 2 saturated carbocycles. The van der Waals surface area contributed by atoms with Crippen LogP contribution < -0.4 is 5.32 Å². The molecule has 2 aliphatic rings. The maximum absolute atomic E-state index is 4.79. The number of hydrogen-bond acceptors (Lipinski definition) is 3. The van der Waals surface area contributed by atoms with Gasteiger partial charge in [-0.15, -0.1) is 0 Å². The third kappa shape index (κ3) is 3.53. The lowest BCUT2D eigenvalue weighted by molar-refractivity contribution is 0.306. The van der Waals surface area contributed by atoms with Gasteiger partial charge in [0.25, 0.3) is 0 Å². The van der Waals surface area contributed by atoms with E-state index in [-0.39, 0.29) is 0 Å². The molecule has 1 heterocycles. The molecule has 3 rings (SSSR count). The maximum atomic E-state index is 4.79. The number of nitrogens with zero attached hydrogens (tertiary/aromatic N) is 2. The summed E-state index contributed by atoms with van der Waals surface area (Å²) in [5, 5.41) is 3.53. The molecule has 2 aliphatic carbocycles. The van der Waals surface area contributed by atoms with Crippen LogP contribution >= 0.6 is 0 Å². The van der Waals surface area contributed by atoms with E-state index in [2.05, 4.69) is 23.3 Å². The van der Waals surface area contributed by atoms with Gasteiger partial charge >= 0.3 is 0 Å². The van der Waals surface area contributed by atoms with Crippen LogP contribution in [-0.2, 0) is 6.54 Å². The highest BCUT2D eigenvalue weighted by atomic mass is 15.0. The largest absolute Gasteiger partial charge is 0.308 e. The zero-order valence-corrected chi connectivity index (χ0v) is 11.9. The lowest BCUT2D eigenvalue weighted by atomic mass is 9.80. The molecule has 0 aromatic carbocycles. The minimum Gasteiger partial charge on any atom is -0.308 e. The van der Waals surface area contributed by atoms with Crippen molar-refractivity contribution in [3.63, 3.8) is 0 Å². The van der Waals surface area contributed by atoms with Crippen LogP contribution in [0, 0.1) is 5.92 Å². The van der Waals surface area contributed by atoms with Crippen molar-refractivity contribution in [2.45, 2.75) is 70.4 Å². The smallest absolute Gasteiger partial charge is 0.131 e. The van der Waals surface area contributed by atoms with E-state index < -0.39 is 0 Å². The summed E-state index contributed by atoms with van der Waals surface area (Å²) in [5.41, 5.74) is 1.16. The molecular formula is C16H25N3. The molecule has 0 amide bonds. The number of nitrogens with one attached hydrogen (secondary N) is 1. The second-order valence-corrected chi connectivity index (χ2v) is 6.20. The van der Waals surface area contributed by atoms with E-state index in [4.69, 9.17) is 4.98 Å². The van der Waals surface area contributed by atoms with E-state index in [0.29, 0.717) is 5.92 Å². The van der Waals surface area contributed by atoms with Crippen LogP contribution in [0.4, 0.5) is 0 Å².